The zero-order valence-electron chi connectivity index (χ0n) is 14.8. The Hall–Kier alpha value is -0.500. The summed E-state index contributed by atoms with van der Waals surface area (Å²) in [5.74, 6) is -1.26. The maximum atomic E-state index is 6.07. The van der Waals surface area contributed by atoms with Gasteiger partial charge in [0.25, 0.3) is 0 Å². The van der Waals surface area contributed by atoms with Crippen LogP contribution in [0.15, 0.2) is 11.6 Å². The molecule has 6 nitrogen and oxygen atoms in total. The third-order valence-electron chi connectivity index (χ3n) is 4.20. The quantitative estimate of drug-likeness (QED) is 0.739. The first-order valence-corrected chi connectivity index (χ1v) is 8.25. The number of ether oxygens (including phenoxy) is 6. The Bertz CT molecular complexity index is 468. The molecule has 0 radical (unpaired) electrons. The van der Waals surface area contributed by atoms with Gasteiger partial charge in [-0.1, -0.05) is 11.6 Å². The third-order valence-corrected chi connectivity index (χ3v) is 4.20. The molecule has 3 aliphatic heterocycles. The molecule has 0 spiro atoms. The van der Waals surface area contributed by atoms with E-state index in [1.54, 1.807) is 0 Å². The van der Waals surface area contributed by atoms with Crippen molar-refractivity contribution in [1.29, 1.82) is 0 Å². The minimum atomic E-state index is -0.662. The molecule has 3 fully saturated rings. The molecule has 132 valence electrons. The molecule has 0 aromatic heterocycles. The van der Waals surface area contributed by atoms with Crippen LogP contribution in [0.1, 0.15) is 41.5 Å². The van der Waals surface area contributed by atoms with E-state index in [1.807, 2.05) is 47.6 Å². The van der Waals surface area contributed by atoms with Gasteiger partial charge in [-0.3, -0.25) is 0 Å². The lowest BCUT2D eigenvalue weighted by molar-refractivity contribution is -0.235. The number of fused-ring (bicyclic) bond motifs is 1. The van der Waals surface area contributed by atoms with E-state index in [2.05, 4.69) is 0 Å². The Morgan fingerprint density at radius 2 is 1.78 bits per heavy atom. The number of hydrogen-bond acceptors (Lipinski definition) is 6. The largest absolute Gasteiger partial charge is 0.368 e. The van der Waals surface area contributed by atoms with Gasteiger partial charge in [-0.25, -0.2) is 0 Å². The molecule has 23 heavy (non-hydrogen) atoms. The van der Waals surface area contributed by atoms with Crippen molar-refractivity contribution in [2.24, 2.45) is 0 Å². The molecule has 0 aromatic rings. The van der Waals surface area contributed by atoms with Gasteiger partial charge in [0.15, 0.2) is 17.9 Å². The predicted molar refractivity (Wildman–Crippen MR) is 82.8 cm³/mol. The maximum Gasteiger partial charge on any atom is 0.190 e. The number of allylic oxidation sites excluding steroid dienone is 1. The van der Waals surface area contributed by atoms with Crippen molar-refractivity contribution >= 4 is 0 Å². The van der Waals surface area contributed by atoms with Crippen molar-refractivity contribution < 1.29 is 28.4 Å². The van der Waals surface area contributed by atoms with Gasteiger partial charge in [-0.15, -0.1) is 0 Å². The van der Waals surface area contributed by atoms with Crippen LogP contribution in [-0.2, 0) is 28.4 Å². The molecule has 3 saturated heterocycles. The summed E-state index contributed by atoms with van der Waals surface area (Å²) >= 11 is 0. The Labute approximate surface area is 138 Å². The van der Waals surface area contributed by atoms with Gasteiger partial charge in [0.2, 0.25) is 0 Å². The Morgan fingerprint density at radius 3 is 2.39 bits per heavy atom. The summed E-state index contributed by atoms with van der Waals surface area (Å²) in [4.78, 5) is 0. The zero-order chi connectivity index (χ0) is 16.8. The van der Waals surface area contributed by atoms with Gasteiger partial charge in [0, 0.05) is 0 Å². The molecule has 0 N–H and O–H groups in total. The van der Waals surface area contributed by atoms with Gasteiger partial charge in [0.05, 0.1) is 13.2 Å². The normalized spacial score (nSPS) is 41.0. The Morgan fingerprint density at radius 1 is 1.04 bits per heavy atom. The highest BCUT2D eigenvalue weighted by atomic mass is 16.8. The van der Waals surface area contributed by atoms with E-state index in [9.17, 15) is 0 Å². The Balaban J connectivity index is 1.72. The summed E-state index contributed by atoms with van der Waals surface area (Å²) in [6, 6.07) is 0. The van der Waals surface area contributed by atoms with E-state index in [-0.39, 0.29) is 24.4 Å². The highest BCUT2D eigenvalue weighted by Gasteiger charge is 2.58. The SMILES string of the molecule is CC(C)=CCO[C@@H]1[C@H]2OC(C)(C)O[C@H]2O[C@@H]1[C@H]1COC(C)(C)O1. The molecule has 3 rings (SSSR count). The van der Waals surface area contributed by atoms with E-state index in [0.29, 0.717) is 13.2 Å². The van der Waals surface area contributed by atoms with Gasteiger partial charge < -0.3 is 28.4 Å². The number of rotatable bonds is 4. The van der Waals surface area contributed by atoms with Crippen LogP contribution in [0, 0.1) is 0 Å². The van der Waals surface area contributed by atoms with Crippen LogP contribution in [-0.4, -0.2) is 55.5 Å². The fourth-order valence-corrected chi connectivity index (χ4v) is 3.20. The highest BCUT2D eigenvalue weighted by molar-refractivity contribution is 5.00. The van der Waals surface area contributed by atoms with Crippen molar-refractivity contribution in [1.82, 2.24) is 0 Å². The van der Waals surface area contributed by atoms with Crippen LogP contribution in [0.5, 0.6) is 0 Å². The molecule has 0 aliphatic carbocycles. The molecule has 6 heteroatoms. The van der Waals surface area contributed by atoms with Crippen LogP contribution in [0.4, 0.5) is 0 Å². The van der Waals surface area contributed by atoms with Crippen LogP contribution in [0.2, 0.25) is 0 Å². The lowest BCUT2D eigenvalue weighted by atomic mass is 10.1. The van der Waals surface area contributed by atoms with E-state index < -0.39 is 17.9 Å². The van der Waals surface area contributed by atoms with E-state index >= 15 is 0 Å². The van der Waals surface area contributed by atoms with Gasteiger partial charge in [-0.2, -0.15) is 0 Å². The first-order valence-electron chi connectivity index (χ1n) is 8.25. The first kappa shape index (κ1) is 17.3. The summed E-state index contributed by atoms with van der Waals surface area (Å²) in [6.07, 6.45) is 0.643. The summed E-state index contributed by atoms with van der Waals surface area (Å²) < 4.78 is 35.6. The first-order chi connectivity index (χ1) is 10.7. The smallest absolute Gasteiger partial charge is 0.190 e. The van der Waals surface area contributed by atoms with Gasteiger partial charge in [-0.05, 0) is 41.5 Å². The molecule has 0 amide bonds. The van der Waals surface area contributed by atoms with Crippen molar-refractivity contribution in [2.75, 3.05) is 13.2 Å². The van der Waals surface area contributed by atoms with E-state index in [0.717, 1.165) is 0 Å². The van der Waals surface area contributed by atoms with Crippen molar-refractivity contribution in [3.63, 3.8) is 0 Å². The zero-order valence-corrected chi connectivity index (χ0v) is 14.8. The molecular weight excluding hydrogens is 300 g/mol. The van der Waals surface area contributed by atoms with Crippen LogP contribution >= 0.6 is 0 Å². The molecule has 0 saturated carbocycles. The fraction of sp³-hybridized carbons (Fsp3) is 0.882. The molecule has 3 aliphatic rings. The second kappa shape index (κ2) is 6.10. The Kier molecular flexibility index (Phi) is 4.59. The monoisotopic (exact) mass is 328 g/mol. The van der Waals surface area contributed by atoms with E-state index in [1.165, 1.54) is 5.57 Å². The minimum absolute atomic E-state index is 0.192. The van der Waals surface area contributed by atoms with Crippen molar-refractivity contribution in [3.05, 3.63) is 11.6 Å². The van der Waals surface area contributed by atoms with Crippen LogP contribution in [0.3, 0.4) is 0 Å². The van der Waals surface area contributed by atoms with Gasteiger partial charge in [0.1, 0.15) is 24.4 Å². The van der Waals surface area contributed by atoms with Crippen molar-refractivity contribution in [2.45, 2.75) is 83.8 Å². The lowest BCUT2D eigenvalue weighted by Crippen LogP contribution is -2.44. The molecule has 5 atom stereocenters. The topological polar surface area (TPSA) is 55.4 Å². The minimum Gasteiger partial charge on any atom is -0.368 e. The maximum absolute atomic E-state index is 6.07. The van der Waals surface area contributed by atoms with Crippen molar-refractivity contribution in [3.8, 4) is 0 Å². The highest BCUT2D eigenvalue weighted by Crippen LogP contribution is 2.41. The molecule has 3 heterocycles. The van der Waals surface area contributed by atoms with E-state index in [4.69, 9.17) is 28.4 Å². The average molecular weight is 328 g/mol. The second-order valence-corrected chi connectivity index (χ2v) is 7.52. The molecular formula is C17H28O6. The standard InChI is InChI=1S/C17H28O6/c1-10(2)7-8-18-13-12(11-9-19-16(3,4)21-11)20-15-14(13)22-17(5,6)23-15/h7,11-15H,8-9H2,1-6H3/t11-,12-,13+,14-,15-/m1/s1. The molecule has 0 aromatic carbocycles. The predicted octanol–water partition coefficient (Wildman–Crippen LogP) is 2.37. The second-order valence-electron chi connectivity index (χ2n) is 7.52. The number of hydrogen-bond donors (Lipinski definition) is 0. The third kappa shape index (κ3) is 3.78. The van der Waals surface area contributed by atoms with Crippen LogP contribution < -0.4 is 0 Å². The summed E-state index contributed by atoms with van der Waals surface area (Å²) in [7, 11) is 0. The summed E-state index contributed by atoms with van der Waals surface area (Å²) in [6.45, 7) is 12.6. The molecule has 0 unspecified atom stereocenters. The summed E-state index contributed by atoms with van der Waals surface area (Å²) in [5, 5.41) is 0. The molecule has 0 bridgehead atoms. The fourth-order valence-electron chi connectivity index (χ4n) is 3.20. The average Bonchev–Trinajstić information content (AvgIpc) is 3.00. The lowest BCUT2D eigenvalue weighted by Gasteiger charge is -2.28. The summed E-state index contributed by atoms with van der Waals surface area (Å²) in [5.41, 5.74) is 1.21. The van der Waals surface area contributed by atoms with Gasteiger partial charge >= 0.3 is 0 Å². The van der Waals surface area contributed by atoms with Crippen LogP contribution in [0.25, 0.3) is 0 Å².